The van der Waals surface area contributed by atoms with Crippen LogP contribution in [0.15, 0.2) is 170 Å². The number of para-hydroxylation sites is 4. The third-order valence-corrected chi connectivity index (χ3v) is 10.7. The summed E-state index contributed by atoms with van der Waals surface area (Å²) < 4.78 is 4.23. The van der Waals surface area contributed by atoms with E-state index in [0.717, 1.165) is 101 Å². The van der Waals surface area contributed by atoms with Crippen molar-refractivity contribution in [2.75, 3.05) is 0 Å². The highest BCUT2D eigenvalue weighted by atomic mass is 15.2. The lowest BCUT2D eigenvalue weighted by Crippen LogP contribution is -1.99. The van der Waals surface area contributed by atoms with E-state index in [0.29, 0.717) is 11.3 Å². The molecule has 0 radical (unpaired) electrons. The molecule has 8 heteroatoms. The molecule has 4 aromatic heterocycles. The minimum atomic E-state index is 0.621. The summed E-state index contributed by atoms with van der Waals surface area (Å²) in [6.07, 6.45) is 0. The fourth-order valence-electron chi connectivity index (χ4n) is 7.80. The molecule has 0 aliphatic carbocycles. The molecule has 0 unspecified atom stereocenters. The molecule has 7 aromatic carbocycles. The Bertz CT molecular complexity index is 3120. The van der Waals surface area contributed by atoms with Gasteiger partial charge in [-0.05, 0) is 95.8 Å². The maximum absolute atomic E-state index is 5.04. The van der Waals surface area contributed by atoms with Crippen molar-refractivity contribution in [3.05, 3.63) is 181 Å². The number of aromatic nitrogens is 8. The van der Waals surface area contributed by atoms with E-state index in [1.54, 1.807) is 0 Å². The van der Waals surface area contributed by atoms with Crippen LogP contribution in [-0.4, -0.2) is 39.0 Å². The molecule has 11 rings (SSSR count). The van der Waals surface area contributed by atoms with Crippen molar-refractivity contribution in [1.29, 1.82) is 0 Å². The summed E-state index contributed by atoms with van der Waals surface area (Å²) in [5.41, 5.74) is 16.9. The van der Waals surface area contributed by atoms with Crippen LogP contribution in [0.1, 0.15) is 11.1 Å². The number of imidazole rings is 2. The van der Waals surface area contributed by atoms with Gasteiger partial charge in [0.05, 0.1) is 22.1 Å². The second-order valence-electron chi connectivity index (χ2n) is 14.7. The summed E-state index contributed by atoms with van der Waals surface area (Å²) in [5.74, 6) is 1.60. The molecule has 0 N–H and O–H groups in total. The van der Waals surface area contributed by atoms with Crippen LogP contribution in [0.3, 0.4) is 0 Å². The van der Waals surface area contributed by atoms with Gasteiger partial charge in [0.1, 0.15) is 11.6 Å². The first-order valence-electron chi connectivity index (χ1n) is 19.3. The monoisotopic (exact) mass is 746 g/mol. The number of hydrogen-bond donors (Lipinski definition) is 0. The Labute approximate surface area is 333 Å². The average molecular weight is 747 g/mol. The van der Waals surface area contributed by atoms with Crippen LogP contribution in [-0.2, 0) is 0 Å². The summed E-state index contributed by atoms with van der Waals surface area (Å²) in [5, 5.41) is 0. The maximum Gasteiger partial charge on any atom is 0.199 e. The van der Waals surface area contributed by atoms with Gasteiger partial charge >= 0.3 is 0 Å². The van der Waals surface area contributed by atoms with Gasteiger partial charge in [-0.1, -0.05) is 121 Å². The number of benzene rings is 7. The highest BCUT2D eigenvalue weighted by molar-refractivity contribution is 5.88. The van der Waals surface area contributed by atoms with E-state index in [1.165, 1.54) is 0 Å². The zero-order valence-corrected chi connectivity index (χ0v) is 31.7. The summed E-state index contributed by atoms with van der Waals surface area (Å²) in [7, 11) is 0. The van der Waals surface area contributed by atoms with Crippen molar-refractivity contribution in [3.8, 4) is 56.4 Å². The van der Waals surface area contributed by atoms with Crippen LogP contribution < -0.4 is 0 Å². The Kier molecular flexibility index (Phi) is 7.75. The van der Waals surface area contributed by atoms with Gasteiger partial charge in [0, 0.05) is 22.5 Å². The van der Waals surface area contributed by atoms with Crippen molar-refractivity contribution in [1.82, 2.24) is 39.0 Å². The second kappa shape index (κ2) is 13.4. The zero-order valence-electron chi connectivity index (χ0n) is 31.7. The number of nitrogens with zero attached hydrogens (tertiary/aromatic N) is 8. The molecule has 0 saturated heterocycles. The number of hydrogen-bond acceptors (Lipinski definition) is 6. The molecule has 4 heterocycles. The molecule has 0 atom stereocenters. The van der Waals surface area contributed by atoms with Gasteiger partial charge in [-0.15, -0.1) is 0 Å². The van der Waals surface area contributed by atoms with Gasteiger partial charge < -0.3 is 0 Å². The molecule has 0 amide bonds. The third-order valence-electron chi connectivity index (χ3n) is 10.7. The summed E-state index contributed by atoms with van der Waals surface area (Å²) >= 11 is 0. The predicted molar refractivity (Wildman–Crippen MR) is 233 cm³/mol. The summed E-state index contributed by atoms with van der Waals surface area (Å²) in [6.45, 7) is 4.20. The van der Waals surface area contributed by atoms with Gasteiger partial charge in [-0.3, -0.25) is 9.13 Å². The first-order valence-corrected chi connectivity index (χ1v) is 19.3. The molecule has 8 nitrogen and oxygen atoms in total. The van der Waals surface area contributed by atoms with E-state index in [-0.39, 0.29) is 0 Å². The molecular formula is C50H34N8. The maximum atomic E-state index is 5.04. The number of fused-ring (bicyclic) bond motifs is 4. The van der Waals surface area contributed by atoms with E-state index in [2.05, 4.69) is 144 Å². The van der Waals surface area contributed by atoms with Crippen LogP contribution in [0, 0.1) is 13.8 Å². The predicted octanol–water partition coefficient (Wildman–Crippen LogP) is 11.5. The number of rotatable bonds is 6. The highest BCUT2D eigenvalue weighted by Crippen LogP contribution is 2.33. The molecule has 0 aliphatic heterocycles. The van der Waals surface area contributed by atoms with Gasteiger partial charge in [0.25, 0.3) is 0 Å². The smallest absolute Gasteiger partial charge is 0.199 e. The molecular weight excluding hydrogens is 713 g/mol. The van der Waals surface area contributed by atoms with E-state index in [9.17, 15) is 0 Å². The summed E-state index contributed by atoms with van der Waals surface area (Å²) in [4.78, 5) is 29.9. The molecule has 274 valence electrons. The Morgan fingerprint density at radius 1 is 0.310 bits per heavy atom. The topological polar surface area (TPSA) is 87.2 Å². The van der Waals surface area contributed by atoms with E-state index >= 15 is 0 Å². The molecule has 0 aliphatic rings. The molecule has 11 aromatic rings. The minimum Gasteiger partial charge on any atom is -0.275 e. The van der Waals surface area contributed by atoms with Crippen molar-refractivity contribution in [2.45, 2.75) is 13.8 Å². The van der Waals surface area contributed by atoms with Crippen molar-refractivity contribution in [3.63, 3.8) is 0 Å². The Morgan fingerprint density at radius 3 is 0.983 bits per heavy atom. The quantitative estimate of drug-likeness (QED) is 0.168. The lowest BCUT2D eigenvalue weighted by molar-refractivity contribution is 1.08. The van der Waals surface area contributed by atoms with Gasteiger partial charge in [0.15, 0.2) is 22.6 Å². The van der Waals surface area contributed by atoms with Crippen LogP contribution in [0.2, 0.25) is 0 Å². The van der Waals surface area contributed by atoms with Gasteiger partial charge in [0.2, 0.25) is 0 Å². The van der Waals surface area contributed by atoms with Crippen LogP contribution in [0.5, 0.6) is 0 Å². The van der Waals surface area contributed by atoms with Crippen LogP contribution in [0.4, 0.5) is 0 Å². The molecule has 58 heavy (non-hydrogen) atoms. The Balaban J connectivity index is 0.905. The fraction of sp³-hybridized carbons (Fsp3) is 0.0400. The lowest BCUT2D eigenvalue weighted by Gasteiger charge is -2.11. The number of aryl methyl sites for hydroxylation is 2. The van der Waals surface area contributed by atoms with Gasteiger partial charge in [-0.25, -0.2) is 29.9 Å². The first-order chi connectivity index (χ1) is 28.5. The standard InChI is InChI=1S/C50H34N8/c1-31-9-7-11-39(29-31)57-47(55-45-49(57)53-43-15-5-3-13-41(43)51-45)37-25-21-35(22-26-37)33-17-19-34(20-18-33)36-23-27-38(28-24-36)48-56-46-50(54-44-16-6-4-14-42(44)52-46)58(48)40-12-8-10-32(2)30-40/h3-30H,1-2H3. The molecule has 0 saturated carbocycles. The summed E-state index contributed by atoms with van der Waals surface area (Å²) in [6, 6.07) is 58.6. The molecule has 0 spiro atoms. The average Bonchev–Trinajstić information content (AvgIpc) is 3.83. The Morgan fingerprint density at radius 2 is 0.638 bits per heavy atom. The zero-order chi connectivity index (χ0) is 38.7. The Hall–Kier alpha value is -7.84. The van der Waals surface area contributed by atoms with E-state index < -0.39 is 0 Å². The first kappa shape index (κ1) is 33.5. The van der Waals surface area contributed by atoms with Crippen LogP contribution >= 0.6 is 0 Å². The molecule has 0 fully saturated rings. The lowest BCUT2D eigenvalue weighted by atomic mass is 9.99. The van der Waals surface area contributed by atoms with E-state index in [1.807, 2.05) is 48.5 Å². The van der Waals surface area contributed by atoms with E-state index in [4.69, 9.17) is 29.9 Å². The van der Waals surface area contributed by atoms with Crippen LogP contribution in [0.25, 0.3) is 101 Å². The van der Waals surface area contributed by atoms with Crippen molar-refractivity contribution in [2.24, 2.45) is 0 Å². The van der Waals surface area contributed by atoms with Gasteiger partial charge in [-0.2, -0.15) is 0 Å². The third kappa shape index (κ3) is 5.78. The normalized spacial score (nSPS) is 11.6. The largest absolute Gasteiger partial charge is 0.275 e. The fourth-order valence-corrected chi connectivity index (χ4v) is 7.80. The van der Waals surface area contributed by atoms with Crippen molar-refractivity contribution >= 4 is 44.7 Å². The second-order valence-corrected chi connectivity index (χ2v) is 14.7. The minimum absolute atomic E-state index is 0.621. The SMILES string of the molecule is Cc1cccc(-n2c(-c3ccc(-c4ccc(-c5ccc(-c6nc7nc8ccccc8nc7n6-c6cccc(C)c6)cc5)cc4)cc3)nc3nc4ccccc4nc32)c1. The van der Waals surface area contributed by atoms with Crippen molar-refractivity contribution < 1.29 is 0 Å². The highest BCUT2D eigenvalue weighted by Gasteiger charge is 2.20. The molecule has 0 bridgehead atoms.